The van der Waals surface area contributed by atoms with Gasteiger partial charge in [-0.1, -0.05) is 53.5 Å². The Hall–Kier alpha value is -2.74. The minimum Gasteiger partial charge on any atom is -0.489 e. The molecule has 1 N–H and O–H groups in total. The summed E-state index contributed by atoms with van der Waals surface area (Å²) in [6, 6.07) is 20.8. The molecule has 31 heavy (non-hydrogen) atoms. The molecule has 1 amide bonds. The molecule has 0 atom stereocenters. The zero-order chi connectivity index (χ0) is 22.4. The van der Waals surface area contributed by atoms with E-state index in [0.29, 0.717) is 28.8 Å². The summed E-state index contributed by atoms with van der Waals surface area (Å²) in [4.78, 5) is 12.4. The number of carbonyl (C=O) groups is 1. The third-order valence-corrected chi connectivity index (χ3v) is 6.14. The third kappa shape index (κ3) is 6.62. The molecule has 0 bridgehead atoms. The number of rotatable bonds is 8. The van der Waals surface area contributed by atoms with E-state index >= 15 is 0 Å². The van der Waals surface area contributed by atoms with E-state index in [4.69, 9.17) is 27.9 Å². The van der Waals surface area contributed by atoms with Crippen LogP contribution in [-0.2, 0) is 21.4 Å². The van der Waals surface area contributed by atoms with Crippen molar-refractivity contribution in [1.82, 2.24) is 0 Å². The predicted octanol–water partition coefficient (Wildman–Crippen LogP) is 4.98. The summed E-state index contributed by atoms with van der Waals surface area (Å²) in [6.07, 6.45) is 1.04. The van der Waals surface area contributed by atoms with Crippen LogP contribution in [0.3, 0.4) is 0 Å². The van der Waals surface area contributed by atoms with Gasteiger partial charge in [-0.25, -0.2) is 8.42 Å². The smallest absolute Gasteiger partial charge is 0.245 e. The van der Waals surface area contributed by atoms with Gasteiger partial charge in [0.05, 0.1) is 22.0 Å². The second-order valence-electron chi connectivity index (χ2n) is 6.71. The highest BCUT2D eigenvalue weighted by molar-refractivity contribution is 7.92. The van der Waals surface area contributed by atoms with Crippen LogP contribution >= 0.6 is 23.2 Å². The van der Waals surface area contributed by atoms with Crippen LogP contribution in [-0.4, -0.2) is 27.1 Å². The number of nitrogens with one attached hydrogen (secondary N) is 1. The molecule has 0 heterocycles. The molecule has 0 unspecified atom stereocenters. The maximum absolute atomic E-state index is 12.4. The van der Waals surface area contributed by atoms with E-state index < -0.39 is 22.5 Å². The van der Waals surface area contributed by atoms with Crippen molar-refractivity contribution in [3.63, 3.8) is 0 Å². The highest BCUT2D eigenvalue weighted by atomic mass is 35.5. The van der Waals surface area contributed by atoms with Gasteiger partial charge in [-0.05, 0) is 48.0 Å². The lowest BCUT2D eigenvalue weighted by Gasteiger charge is -2.22. The van der Waals surface area contributed by atoms with Crippen molar-refractivity contribution in [2.75, 3.05) is 22.4 Å². The van der Waals surface area contributed by atoms with E-state index in [2.05, 4.69) is 5.32 Å². The highest BCUT2D eigenvalue weighted by Gasteiger charge is 2.21. The van der Waals surface area contributed by atoms with Crippen molar-refractivity contribution in [2.24, 2.45) is 0 Å². The molecule has 0 aromatic heterocycles. The quantitative estimate of drug-likeness (QED) is 0.495. The molecule has 0 saturated carbocycles. The molecule has 9 heteroatoms. The number of amides is 1. The Kier molecular flexibility index (Phi) is 7.43. The minimum absolute atomic E-state index is 0.283. The van der Waals surface area contributed by atoms with Crippen molar-refractivity contribution < 1.29 is 17.9 Å². The molecule has 0 aliphatic carbocycles. The minimum atomic E-state index is -3.70. The number of hydrogen-bond acceptors (Lipinski definition) is 4. The molecular weight excluding hydrogens is 459 g/mol. The Morgan fingerprint density at radius 1 is 0.968 bits per heavy atom. The summed E-state index contributed by atoms with van der Waals surface area (Å²) in [7, 11) is -3.70. The predicted molar refractivity (Wildman–Crippen MR) is 124 cm³/mol. The van der Waals surface area contributed by atoms with Crippen LogP contribution in [0.2, 0.25) is 10.0 Å². The van der Waals surface area contributed by atoms with Crippen LogP contribution in [0.4, 0.5) is 11.4 Å². The summed E-state index contributed by atoms with van der Waals surface area (Å²) in [5.41, 5.74) is 1.78. The molecule has 0 spiro atoms. The molecule has 0 saturated heterocycles. The molecule has 162 valence electrons. The SMILES string of the molecule is CS(=O)(=O)N(CC(=O)Nc1ccc(Cl)c(Cl)c1)c1ccc(OCc2ccccc2)cc1. The van der Waals surface area contributed by atoms with Crippen LogP contribution in [0, 0.1) is 0 Å². The largest absolute Gasteiger partial charge is 0.489 e. The number of sulfonamides is 1. The van der Waals surface area contributed by atoms with Crippen LogP contribution in [0.5, 0.6) is 5.75 Å². The first-order chi connectivity index (χ1) is 14.7. The number of benzene rings is 3. The Morgan fingerprint density at radius 2 is 1.65 bits per heavy atom. The van der Waals surface area contributed by atoms with Crippen LogP contribution in [0.15, 0.2) is 72.8 Å². The lowest BCUT2D eigenvalue weighted by atomic mass is 10.2. The van der Waals surface area contributed by atoms with Crippen molar-refractivity contribution in [2.45, 2.75) is 6.61 Å². The van der Waals surface area contributed by atoms with Crippen LogP contribution < -0.4 is 14.4 Å². The average molecular weight is 479 g/mol. The summed E-state index contributed by atoms with van der Waals surface area (Å²) < 4.78 is 31.3. The van der Waals surface area contributed by atoms with Gasteiger partial charge in [-0.2, -0.15) is 0 Å². The molecule has 3 rings (SSSR count). The van der Waals surface area contributed by atoms with Gasteiger partial charge in [0, 0.05) is 5.69 Å². The van der Waals surface area contributed by atoms with Crippen molar-refractivity contribution in [3.05, 3.63) is 88.4 Å². The molecule has 3 aromatic rings. The van der Waals surface area contributed by atoms with Crippen LogP contribution in [0.25, 0.3) is 0 Å². The molecular formula is C22H20Cl2N2O4S. The van der Waals surface area contributed by atoms with Gasteiger partial charge in [-0.3, -0.25) is 9.10 Å². The second-order valence-corrected chi connectivity index (χ2v) is 9.44. The first-order valence-electron chi connectivity index (χ1n) is 9.22. The third-order valence-electron chi connectivity index (χ3n) is 4.26. The van der Waals surface area contributed by atoms with Gasteiger partial charge in [0.2, 0.25) is 15.9 Å². The number of anilines is 2. The Bertz CT molecular complexity index is 1150. The normalized spacial score (nSPS) is 11.1. The Balaban J connectivity index is 1.68. The number of nitrogens with zero attached hydrogens (tertiary/aromatic N) is 1. The number of hydrogen-bond donors (Lipinski definition) is 1. The van der Waals surface area contributed by atoms with Crippen molar-refractivity contribution in [1.29, 1.82) is 0 Å². The van der Waals surface area contributed by atoms with Crippen LogP contribution in [0.1, 0.15) is 5.56 Å². The second kappa shape index (κ2) is 10.0. The lowest BCUT2D eigenvalue weighted by molar-refractivity contribution is -0.114. The molecule has 0 aliphatic rings. The summed E-state index contributed by atoms with van der Waals surface area (Å²) in [5, 5.41) is 3.26. The summed E-state index contributed by atoms with van der Waals surface area (Å²) in [6.45, 7) is -0.00860. The molecule has 6 nitrogen and oxygen atoms in total. The summed E-state index contributed by atoms with van der Waals surface area (Å²) in [5.74, 6) is 0.0644. The molecule has 3 aromatic carbocycles. The van der Waals surface area contributed by atoms with E-state index in [-0.39, 0.29) is 5.02 Å². The first kappa shape index (κ1) is 22.9. The first-order valence-corrected chi connectivity index (χ1v) is 11.8. The zero-order valence-electron chi connectivity index (χ0n) is 16.6. The van der Waals surface area contributed by atoms with Gasteiger partial charge in [0.25, 0.3) is 0 Å². The van der Waals surface area contributed by atoms with Crippen molar-refractivity contribution in [3.8, 4) is 5.75 Å². The van der Waals surface area contributed by atoms with E-state index in [1.165, 1.54) is 6.07 Å². The van der Waals surface area contributed by atoms with E-state index in [1.807, 2.05) is 30.3 Å². The number of ether oxygens (including phenoxy) is 1. The van der Waals surface area contributed by atoms with Gasteiger partial charge in [0.15, 0.2) is 0 Å². The van der Waals surface area contributed by atoms with E-state index in [9.17, 15) is 13.2 Å². The lowest BCUT2D eigenvalue weighted by Crippen LogP contribution is -2.37. The maximum atomic E-state index is 12.4. The van der Waals surface area contributed by atoms with E-state index in [0.717, 1.165) is 16.1 Å². The number of halogens is 2. The van der Waals surface area contributed by atoms with E-state index in [1.54, 1.807) is 36.4 Å². The van der Waals surface area contributed by atoms with Crippen molar-refractivity contribution >= 4 is 50.5 Å². The molecule has 0 fully saturated rings. The Morgan fingerprint density at radius 3 is 2.26 bits per heavy atom. The monoisotopic (exact) mass is 478 g/mol. The van der Waals surface area contributed by atoms with Gasteiger partial charge in [0.1, 0.15) is 18.9 Å². The standard InChI is InChI=1S/C22H20Cl2N2O4S/c1-31(28,29)26(14-22(27)25-17-7-12-20(23)21(24)13-17)18-8-10-19(11-9-18)30-15-16-5-3-2-4-6-16/h2-13H,14-15H2,1H3,(H,25,27). The fourth-order valence-electron chi connectivity index (χ4n) is 2.75. The zero-order valence-corrected chi connectivity index (χ0v) is 18.9. The highest BCUT2D eigenvalue weighted by Crippen LogP contribution is 2.26. The summed E-state index contributed by atoms with van der Waals surface area (Å²) >= 11 is 11.8. The number of carbonyl (C=O) groups excluding carboxylic acids is 1. The topological polar surface area (TPSA) is 75.7 Å². The Labute approximate surface area is 191 Å². The fraction of sp³-hybridized carbons (Fsp3) is 0.136. The van der Waals surface area contributed by atoms with Gasteiger partial charge < -0.3 is 10.1 Å². The molecule has 0 radical (unpaired) electrons. The maximum Gasteiger partial charge on any atom is 0.245 e. The average Bonchev–Trinajstić information content (AvgIpc) is 2.74. The van der Waals surface area contributed by atoms with Gasteiger partial charge in [-0.15, -0.1) is 0 Å². The fourth-order valence-corrected chi connectivity index (χ4v) is 3.91. The molecule has 0 aliphatic heterocycles. The van der Waals surface area contributed by atoms with Gasteiger partial charge >= 0.3 is 0 Å².